The van der Waals surface area contributed by atoms with E-state index in [2.05, 4.69) is 36.6 Å². The lowest BCUT2D eigenvalue weighted by atomic mass is 10.2. The van der Waals surface area contributed by atoms with E-state index < -0.39 is 0 Å². The molecular formula is C16H29N3O. The number of piperazine rings is 1. The molecule has 0 saturated carbocycles. The fourth-order valence-corrected chi connectivity index (χ4v) is 3.00. The van der Waals surface area contributed by atoms with Crippen molar-refractivity contribution >= 4 is 5.91 Å². The van der Waals surface area contributed by atoms with Crippen molar-refractivity contribution in [2.45, 2.75) is 39.7 Å². The first kappa shape index (κ1) is 15.5. The normalized spacial score (nSPS) is 22.9. The number of carbonyl (C=O) groups is 1. The molecule has 0 N–H and O–H groups in total. The van der Waals surface area contributed by atoms with Crippen LogP contribution < -0.4 is 0 Å². The van der Waals surface area contributed by atoms with Crippen molar-refractivity contribution in [2.75, 3.05) is 45.8 Å². The highest BCUT2D eigenvalue weighted by Crippen LogP contribution is 2.13. The van der Waals surface area contributed by atoms with E-state index in [4.69, 9.17) is 0 Å². The second-order valence-electron chi connectivity index (χ2n) is 6.33. The van der Waals surface area contributed by atoms with Crippen LogP contribution >= 0.6 is 0 Å². The van der Waals surface area contributed by atoms with Gasteiger partial charge in [0.1, 0.15) is 0 Å². The Morgan fingerprint density at radius 1 is 1.05 bits per heavy atom. The SMILES string of the molecule is CC(C)=CCN1CCN(C(C)C(=O)N2CCCC2)CC1. The first-order valence-corrected chi connectivity index (χ1v) is 7.96. The third-order valence-electron chi connectivity index (χ3n) is 4.49. The molecule has 2 fully saturated rings. The monoisotopic (exact) mass is 279 g/mol. The van der Waals surface area contributed by atoms with E-state index in [0.717, 1.165) is 45.8 Å². The van der Waals surface area contributed by atoms with Gasteiger partial charge in [-0.25, -0.2) is 0 Å². The number of carbonyl (C=O) groups excluding carboxylic acids is 1. The predicted octanol–water partition coefficient (Wildman–Crippen LogP) is 1.58. The van der Waals surface area contributed by atoms with Crippen LogP contribution in [0.5, 0.6) is 0 Å². The Morgan fingerprint density at radius 2 is 1.65 bits per heavy atom. The van der Waals surface area contributed by atoms with Crippen molar-refractivity contribution in [3.63, 3.8) is 0 Å². The average Bonchev–Trinajstić information content (AvgIpc) is 2.98. The number of nitrogens with zero attached hydrogens (tertiary/aromatic N) is 3. The molecule has 2 rings (SSSR count). The summed E-state index contributed by atoms with van der Waals surface area (Å²) in [6.45, 7) is 13.5. The van der Waals surface area contributed by atoms with Crippen LogP contribution in [-0.4, -0.2) is 72.5 Å². The lowest BCUT2D eigenvalue weighted by molar-refractivity contribution is -0.136. The largest absolute Gasteiger partial charge is 0.341 e. The summed E-state index contributed by atoms with van der Waals surface area (Å²) in [5, 5.41) is 0. The zero-order valence-corrected chi connectivity index (χ0v) is 13.3. The maximum Gasteiger partial charge on any atom is 0.239 e. The van der Waals surface area contributed by atoms with Gasteiger partial charge in [-0.3, -0.25) is 14.6 Å². The number of amides is 1. The molecule has 2 saturated heterocycles. The van der Waals surface area contributed by atoms with Gasteiger partial charge in [0, 0.05) is 45.8 Å². The van der Waals surface area contributed by atoms with Gasteiger partial charge >= 0.3 is 0 Å². The van der Waals surface area contributed by atoms with Crippen molar-refractivity contribution in [3.05, 3.63) is 11.6 Å². The molecule has 20 heavy (non-hydrogen) atoms. The summed E-state index contributed by atoms with van der Waals surface area (Å²) in [4.78, 5) is 19.3. The van der Waals surface area contributed by atoms with E-state index in [1.54, 1.807) is 0 Å². The third-order valence-corrected chi connectivity index (χ3v) is 4.49. The first-order chi connectivity index (χ1) is 9.58. The molecule has 0 radical (unpaired) electrons. The van der Waals surface area contributed by atoms with Crippen LogP contribution in [-0.2, 0) is 4.79 Å². The zero-order chi connectivity index (χ0) is 14.5. The van der Waals surface area contributed by atoms with Gasteiger partial charge in [-0.1, -0.05) is 11.6 Å². The summed E-state index contributed by atoms with van der Waals surface area (Å²) in [7, 11) is 0. The molecule has 1 unspecified atom stereocenters. The quantitative estimate of drug-likeness (QED) is 0.731. The van der Waals surface area contributed by atoms with Crippen LogP contribution in [0.15, 0.2) is 11.6 Å². The standard InChI is InChI=1S/C16H29N3O/c1-14(2)6-9-17-10-12-18(13-11-17)15(3)16(20)19-7-4-5-8-19/h6,15H,4-5,7-13H2,1-3H3. The van der Waals surface area contributed by atoms with Gasteiger partial charge in [0.05, 0.1) is 6.04 Å². The third kappa shape index (κ3) is 4.06. The second-order valence-corrected chi connectivity index (χ2v) is 6.33. The van der Waals surface area contributed by atoms with Crippen LogP contribution in [0.3, 0.4) is 0 Å². The Morgan fingerprint density at radius 3 is 2.20 bits per heavy atom. The molecule has 0 aromatic heterocycles. The smallest absolute Gasteiger partial charge is 0.239 e. The lowest BCUT2D eigenvalue weighted by Gasteiger charge is -2.38. The molecule has 1 atom stereocenters. The summed E-state index contributed by atoms with van der Waals surface area (Å²) in [6.07, 6.45) is 4.64. The molecular weight excluding hydrogens is 250 g/mol. The van der Waals surface area contributed by atoms with Gasteiger partial charge in [-0.2, -0.15) is 0 Å². The van der Waals surface area contributed by atoms with Crippen molar-refractivity contribution < 1.29 is 4.79 Å². The van der Waals surface area contributed by atoms with E-state index >= 15 is 0 Å². The molecule has 0 aromatic rings. The highest BCUT2D eigenvalue weighted by molar-refractivity contribution is 5.81. The number of hydrogen-bond donors (Lipinski definition) is 0. The fourth-order valence-electron chi connectivity index (χ4n) is 3.00. The minimum Gasteiger partial charge on any atom is -0.341 e. The highest BCUT2D eigenvalue weighted by atomic mass is 16.2. The minimum absolute atomic E-state index is 0.0544. The first-order valence-electron chi connectivity index (χ1n) is 7.96. The Bertz CT molecular complexity index is 349. The van der Waals surface area contributed by atoms with Crippen molar-refractivity contribution in [2.24, 2.45) is 0 Å². The summed E-state index contributed by atoms with van der Waals surface area (Å²) < 4.78 is 0. The number of likely N-dealkylation sites (tertiary alicyclic amines) is 1. The molecule has 0 aromatic carbocycles. The molecule has 0 bridgehead atoms. The number of allylic oxidation sites excluding steroid dienone is 1. The Kier molecular flexibility index (Phi) is 5.61. The molecule has 1 amide bonds. The van der Waals surface area contributed by atoms with E-state index in [-0.39, 0.29) is 6.04 Å². The van der Waals surface area contributed by atoms with Gasteiger partial charge in [0.25, 0.3) is 0 Å². The predicted molar refractivity (Wildman–Crippen MR) is 82.7 cm³/mol. The average molecular weight is 279 g/mol. The maximum absolute atomic E-state index is 12.4. The Labute approximate surface area is 123 Å². The zero-order valence-electron chi connectivity index (χ0n) is 13.3. The molecule has 4 heteroatoms. The van der Waals surface area contributed by atoms with Crippen LogP contribution in [0.4, 0.5) is 0 Å². The van der Waals surface area contributed by atoms with Gasteiger partial charge in [-0.05, 0) is 33.6 Å². The minimum atomic E-state index is 0.0544. The lowest BCUT2D eigenvalue weighted by Crippen LogP contribution is -2.54. The molecule has 2 heterocycles. The fraction of sp³-hybridized carbons (Fsp3) is 0.812. The van der Waals surface area contributed by atoms with E-state index in [9.17, 15) is 4.79 Å². The molecule has 0 aliphatic carbocycles. The van der Waals surface area contributed by atoms with Crippen molar-refractivity contribution in [1.82, 2.24) is 14.7 Å². The van der Waals surface area contributed by atoms with Gasteiger partial charge < -0.3 is 4.90 Å². The van der Waals surface area contributed by atoms with Crippen LogP contribution in [0.25, 0.3) is 0 Å². The summed E-state index contributed by atoms with van der Waals surface area (Å²) in [6, 6.07) is 0.0544. The van der Waals surface area contributed by atoms with E-state index in [1.807, 2.05) is 4.90 Å². The Balaban J connectivity index is 1.77. The van der Waals surface area contributed by atoms with Gasteiger partial charge in [0.2, 0.25) is 5.91 Å². The maximum atomic E-state index is 12.4. The number of rotatable bonds is 4. The highest BCUT2D eigenvalue weighted by Gasteiger charge is 2.29. The molecule has 4 nitrogen and oxygen atoms in total. The Hall–Kier alpha value is -0.870. The van der Waals surface area contributed by atoms with Crippen molar-refractivity contribution in [1.29, 1.82) is 0 Å². The molecule has 0 spiro atoms. The number of hydrogen-bond acceptors (Lipinski definition) is 3. The van der Waals surface area contributed by atoms with Crippen LogP contribution in [0.2, 0.25) is 0 Å². The molecule has 2 aliphatic heterocycles. The molecule has 114 valence electrons. The van der Waals surface area contributed by atoms with Crippen LogP contribution in [0, 0.1) is 0 Å². The van der Waals surface area contributed by atoms with Gasteiger partial charge in [-0.15, -0.1) is 0 Å². The van der Waals surface area contributed by atoms with Crippen molar-refractivity contribution in [3.8, 4) is 0 Å². The summed E-state index contributed by atoms with van der Waals surface area (Å²) in [5.74, 6) is 0.334. The van der Waals surface area contributed by atoms with Gasteiger partial charge in [0.15, 0.2) is 0 Å². The summed E-state index contributed by atoms with van der Waals surface area (Å²) in [5.41, 5.74) is 1.38. The van der Waals surface area contributed by atoms with Crippen LogP contribution in [0.1, 0.15) is 33.6 Å². The second kappa shape index (κ2) is 7.23. The van der Waals surface area contributed by atoms with E-state index in [1.165, 1.54) is 18.4 Å². The molecule has 2 aliphatic rings. The topological polar surface area (TPSA) is 26.8 Å². The van der Waals surface area contributed by atoms with E-state index in [0.29, 0.717) is 5.91 Å². The summed E-state index contributed by atoms with van der Waals surface area (Å²) >= 11 is 0.